The molecule has 0 spiro atoms. The number of allylic oxidation sites excluding steroid dienone is 1. The zero-order valence-electron chi connectivity index (χ0n) is 11.5. The molecule has 0 aliphatic heterocycles. The van der Waals surface area contributed by atoms with E-state index < -0.39 is 5.97 Å². The number of Topliss-reactive ketones (excluding diaryl/α,β-unsaturated/α-hetero) is 1. The molecule has 1 atom stereocenters. The summed E-state index contributed by atoms with van der Waals surface area (Å²) in [6, 6.07) is 0. The zero-order chi connectivity index (χ0) is 13.6. The maximum absolute atomic E-state index is 11.7. The molecule has 0 radical (unpaired) electrons. The van der Waals surface area contributed by atoms with Crippen LogP contribution in [0.3, 0.4) is 0 Å². The van der Waals surface area contributed by atoms with Gasteiger partial charge in [0.1, 0.15) is 5.78 Å². The van der Waals surface area contributed by atoms with Crippen LogP contribution in [0.15, 0.2) is 11.6 Å². The molecule has 3 nitrogen and oxygen atoms in total. The van der Waals surface area contributed by atoms with Gasteiger partial charge in [0.2, 0.25) is 0 Å². The van der Waals surface area contributed by atoms with Crippen molar-refractivity contribution in [2.45, 2.75) is 53.9 Å². The van der Waals surface area contributed by atoms with Crippen LogP contribution in [0.2, 0.25) is 0 Å². The summed E-state index contributed by atoms with van der Waals surface area (Å²) in [6.45, 7) is 10.2. The Bertz CT molecular complexity index is 308. The van der Waals surface area contributed by atoms with Gasteiger partial charge < -0.3 is 5.11 Å². The first kappa shape index (κ1) is 15.9. The molecule has 0 amide bonds. The van der Waals surface area contributed by atoms with Crippen LogP contribution in [0.4, 0.5) is 0 Å². The van der Waals surface area contributed by atoms with E-state index in [1.54, 1.807) is 6.92 Å². The van der Waals surface area contributed by atoms with Gasteiger partial charge in [-0.25, -0.2) is 4.79 Å². The van der Waals surface area contributed by atoms with Gasteiger partial charge in [-0.15, -0.1) is 0 Å². The number of carbonyl (C=O) groups is 2. The number of aliphatic carboxylic acids is 1. The Kier molecular flexibility index (Phi) is 6.14. The summed E-state index contributed by atoms with van der Waals surface area (Å²) in [6.07, 6.45) is 2.88. The molecule has 0 aromatic carbocycles. The lowest BCUT2D eigenvalue weighted by molar-refractivity contribution is -0.131. The highest BCUT2D eigenvalue weighted by Gasteiger charge is 2.17. The Balaban J connectivity index is 4.15. The van der Waals surface area contributed by atoms with Crippen LogP contribution in [-0.2, 0) is 9.59 Å². The van der Waals surface area contributed by atoms with Gasteiger partial charge in [0.25, 0.3) is 0 Å². The van der Waals surface area contributed by atoms with Gasteiger partial charge >= 0.3 is 5.97 Å². The van der Waals surface area contributed by atoms with Crippen molar-refractivity contribution < 1.29 is 14.7 Å². The largest absolute Gasteiger partial charge is 0.478 e. The van der Waals surface area contributed by atoms with Crippen molar-refractivity contribution in [1.29, 1.82) is 0 Å². The summed E-state index contributed by atoms with van der Waals surface area (Å²) >= 11 is 0. The van der Waals surface area contributed by atoms with Crippen LogP contribution in [-0.4, -0.2) is 16.9 Å². The van der Waals surface area contributed by atoms with Gasteiger partial charge in [0, 0.05) is 18.9 Å². The lowest BCUT2D eigenvalue weighted by Gasteiger charge is -2.22. The first-order chi connectivity index (χ1) is 7.60. The molecule has 0 rings (SSSR count). The maximum atomic E-state index is 11.7. The van der Waals surface area contributed by atoms with Crippen molar-refractivity contribution in [3.63, 3.8) is 0 Å². The molecule has 1 N–H and O–H groups in total. The highest BCUT2D eigenvalue weighted by molar-refractivity contribution is 5.85. The summed E-state index contributed by atoms with van der Waals surface area (Å²) in [5.74, 6) is -0.519. The van der Waals surface area contributed by atoms with Gasteiger partial charge in [0.05, 0.1) is 0 Å². The lowest BCUT2D eigenvalue weighted by atomic mass is 9.83. The van der Waals surface area contributed by atoms with Gasteiger partial charge in [-0.2, -0.15) is 0 Å². The molecule has 0 saturated carbocycles. The molecule has 3 heteroatoms. The van der Waals surface area contributed by atoms with E-state index >= 15 is 0 Å². The zero-order valence-corrected chi connectivity index (χ0v) is 11.5. The average Bonchev–Trinajstić information content (AvgIpc) is 1.95. The molecule has 1 unspecified atom stereocenters. The Morgan fingerprint density at radius 3 is 2.24 bits per heavy atom. The van der Waals surface area contributed by atoms with Crippen LogP contribution in [0.1, 0.15) is 53.9 Å². The molecule has 0 aliphatic carbocycles. The third-order valence-electron chi connectivity index (χ3n) is 2.38. The summed E-state index contributed by atoms with van der Waals surface area (Å²) in [4.78, 5) is 22.1. The summed E-state index contributed by atoms with van der Waals surface area (Å²) < 4.78 is 0. The van der Waals surface area contributed by atoms with Crippen LogP contribution in [0, 0.1) is 11.3 Å². The van der Waals surface area contributed by atoms with Crippen LogP contribution in [0.25, 0.3) is 0 Å². The number of hydrogen-bond acceptors (Lipinski definition) is 2. The van der Waals surface area contributed by atoms with Crippen LogP contribution in [0.5, 0.6) is 0 Å². The van der Waals surface area contributed by atoms with Gasteiger partial charge in [-0.05, 0) is 24.7 Å². The van der Waals surface area contributed by atoms with Gasteiger partial charge in [0.15, 0.2) is 0 Å². The Hall–Kier alpha value is -1.12. The minimum Gasteiger partial charge on any atom is -0.478 e. The second kappa shape index (κ2) is 6.58. The van der Waals surface area contributed by atoms with Gasteiger partial charge in [-0.1, -0.05) is 33.3 Å². The first-order valence-corrected chi connectivity index (χ1v) is 6.02. The monoisotopic (exact) mass is 240 g/mol. The molecule has 0 aromatic heterocycles. The molecule has 0 heterocycles. The second-order valence-electron chi connectivity index (χ2n) is 6.12. The van der Waals surface area contributed by atoms with Crippen LogP contribution < -0.4 is 0 Å². The Morgan fingerprint density at radius 2 is 1.82 bits per heavy atom. The fourth-order valence-electron chi connectivity index (χ4n) is 2.15. The summed E-state index contributed by atoms with van der Waals surface area (Å²) in [5.41, 5.74) is 0.844. The summed E-state index contributed by atoms with van der Waals surface area (Å²) in [7, 11) is 0. The molecule has 0 aromatic rings. The molecular formula is C14H24O3. The number of carboxylic acids is 1. The topological polar surface area (TPSA) is 54.4 Å². The van der Waals surface area contributed by atoms with E-state index in [1.807, 2.05) is 0 Å². The highest BCUT2D eigenvalue weighted by Crippen LogP contribution is 2.26. The Labute approximate surface area is 104 Å². The van der Waals surface area contributed by atoms with Crippen molar-refractivity contribution in [1.82, 2.24) is 0 Å². The van der Waals surface area contributed by atoms with E-state index in [2.05, 4.69) is 27.7 Å². The lowest BCUT2D eigenvalue weighted by Crippen LogP contribution is -2.14. The number of carbonyl (C=O) groups excluding carboxylic acids is 1. The minimum absolute atomic E-state index is 0.122. The van der Waals surface area contributed by atoms with Gasteiger partial charge in [-0.3, -0.25) is 4.79 Å². The Morgan fingerprint density at radius 1 is 1.29 bits per heavy atom. The molecule has 98 valence electrons. The molecule has 0 fully saturated rings. The van der Waals surface area contributed by atoms with Crippen molar-refractivity contribution in [3.05, 3.63) is 11.6 Å². The van der Waals surface area contributed by atoms with E-state index in [9.17, 15) is 9.59 Å². The van der Waals surface area contributed by atoms with E-state index in [4.69, 9.17) is 5.11 Å². The van der Waals surface area contributed by atoms with E-state index in [-0.39, 0.29) is 17.6 Å². The third kappa shape index (κ3) is 9.79. The fraction of sp³-hybridized carbons (Fsp3) is 0.714. The van der Waals surface area contributed by atoms with E-state index in [0.29, 0.717) is 17.9 Å². The van der Waals surface area contributed by atoms with Crippen LogP contribution >= 0.6 is 0 Å². The van der Waals surface area contributed by atoms with E-state index in [1.165, 1.54) is 0 Å². The number of hydrogen-bond donors (Lipinski definition) is 1. The number of rotatable bonds is 6. The van der Waals surface area contributed by atoms with Crippen molar-refractivity contribution in [2.24, 2.45) is 11.3 Å². The smallest absolute Gasteiger partial charge is 0.328 e. The maximum Gasteiger partial charge on any atom is 0.328 e. The standard InChI is InChI=1S/C14H24O3/c1-10(8-13(16)17)6-12(15)7-11(2)9-14(3,4)5/h8,11H,6-7,9H2,1-5H3,(H,16,17). The van der Waals surface area contributed by atoms with Crippen molar-refractivity contribution in [3.8, 4) is 0 Å². The predicted molar refractivity (Wildman–Crippen MR) is 68.9 cm³/mol. The molecule has 0 aliphatic rings. The SMILES string of the molecule is CC(=CC(=O)O)CC(=O)CC(C)CC(C)(C)C. The predicted octanol–water partition coefficient (Wildman–Crippen LogP) is 3.44. The minimum atomic E-state index is -0.988. The quantitative estimate of drug-likeness (QED) is 0.723. The fourth-order valence-corrected chi connectivity index (χ4v) is 2.15. The van der Waals surface area contributed by atoms with E-state index in [0.717, 1.165) is 12.5 Å². The molecular weight excluding hydrogens is 216 g/mol. The molecule has 0 bridgehead atoms. The number of ketones is 1. The first-order valence-electron chi connectivity index (χ1n) is 6.02. The van der Waals surface area contributed by atoms with Crippen molar-refractivity contribution in [2.75, 3.05) is 0 Å². The van der Waals surface area contributed by atoms with Crippen molar-refractivity contribution >= 4 is 11.8 Å². The number of carboxylic acid groups (broad SMARTS) is 1. The highest BCUT2D eigenvalue weighted by atomic mass is 16.4. The second-order valence-corrected chi connectivity index (χ2v) is 6.12. The molecule has 0 saturated heterocycles. The third-order valence-corrected chi connectivity index (χ3v) is 2.38. The molecule has 17 heavy (non-hydrogen) atoms. The average molecular weight is 240 g/mol. The normalized spacial score (nSPS) is 14.5. The summed E-state index contributed by atoms with van der Waals surface area (Å²) in [5, 5.41) is 8.54.